The molecule has 16 heavy (non-hydrogen) atoms. The van der Waals surface area contributed by atoms with Gasteiger partial charge in [-0.15, -0.1) is 0 Å². The van der Waals surface area contributed by atoms with Crippen molar-refractivity contribution in [3.05, 3.63) is 0 Å². The number of unbranched alkanes of at least 4 members (excludes halogenated alkanes) is 1. The molecule has 0 bridgehead atoms. The maximum atomic E-state index is 9.70. The third kappa shape index (κ3) is 10.4. The topological polar surface area (TPSA) is 41.5 Å². The summed E-state index contributed by atoms with van der Waals surface area (Å²) in [6.07, 6.45) is 3.22. The van der Waals surface area contributed by atoms with Crippen LogP contribution in [0.25, 0.3) is 0 Å². The van der Waals surface area contributed by atoms with Gasteiger partial charge in [-0.3, -0.25) is 0 Å². The Morgan fingerprint density at radius 1 is 1.31 bits per heavy atom. The first-order valence-electron chi connectivity index (χ1n) is 6.40. The van der Waals surface area contributed by atoms with E-state index in [-0.39, 0.29) is 5.60 Å². The van der Waals surface area contributed by atoms with Crippen molar-refractivity contribution in [2.24, 2.45) is 0 Å². The molecule has 3 heteroatoms. The molecule has 0 aliphatic rings. The Labute approximate surface area is 101 Å². The van der Waals surface area contributed by atoms with Crippen molar-refractivity contribution in [2.45, 2.75) is 71.6 Å². The predicted octanol–water partition coefficient (Wildman–Crippen LogP) is 2.33. The van der Waals surface area contributed by atoms with E-state index in [9.17, 15) is 5.11 Å². The van der Waals surface area contributed by atoms with Crippen molar-refractivity contribution in [1.82, 2.24) is 5.32 Å². The molecule has 0 aliphatic heterocycles. The molecule has 0 heterocycles. The first-order chi connectivity index (χ1) is 7.35. The van der Waals surface area contributed by atoms with E-state index in [0.717, 1.165) is 0 Å². The highest BCUT2D eigenvalue weighted by atomic mass is 16.5. The number of nitrogens with one attached hydrogen (secondary N) is 1. The predicted molar refractivity (Wildman–Crippen MR) is 68.7 cm³/mol. The second kappa shape index (κ2) is 8.04. The largest absolute Gasteiger partial charge is 0.389 e. The first kappa shape index (κ1) is 15.9. The molecular formula is C13H29NO2. The third-order valence-corrected chi connectivity index (χ3v) is 2.40. The van der Waals surface area contributed by atoms with Gasteiger partial charge in [0.25, 0.3) is 0 Å². The zero-order valence-electron chi connectivity index (χ0n) is 11.5. The van der Waals surface area contributed by atoms with Crippen LogP contribution >= 0.6 is 0 Å². The second-order valence-corrected chi connectivity index (χ2v) is 5.53. The van der Waals surface area contributed by atoms with E-state index in [0.29, 0.717) is 19.2 Å². The SMILES string of the molecule is CCCCC(C)NCC(O)COC(C)(C)C. The number of rotatable bonds is 8. The molecule has 0 saturated heterocycles. The van der Waals surface area contributed by atoms with E-state index < -0.39 is 6.10 Å². The Bertz CT molecular complexity index is 166. The average Bonchev–Trinajstić information content (AvgIpc) is 2.19. The Kier molecular flexibility index (Phi) is 7.98. The lowest BCUT2D eigenvalue weighted by Gasteiger charge is -2.23. The minimum atomic E-state index is -0.414. The summed E-state index contributed by atoms with van der Waals surface area (Å²) >= 11 is 0. The van der Waals surface area contributed by atoms with Crippen molar-refractivity contribution < 1.29 is 9.84 Å². The fraction of sp³-hybridized carbons (Fsp3) is 1.00. The van der Waals surface area contributed by atoms with E-state index in [1.54, 1.807) is 0 Å². The van der Waals surface area contributed by atoms with Crippen LogP contribution in [0.2, 0.25) is 0 Å². The van der Waals surface area contributed by atoms with Crippen molar-refractivity contribution in [3.8, 4) is 0 Å². The van der Waals surface area contributed by atoms with Gasteiger partial charge in [-0.05, 0) is 34.1 Å². The number of hydrogen-bond donors (Lipinski definition) is 2. The molecule has 0 aromatic heterocycles. The van der Waals surface area contributed by atoms with Crippen LogP contribution in [0.4, 0.5) is 0 Å². The van der Waals surface area contributed by atoms with E-state index in [1.165, 1.54) is 19.3 Å². The van der Waals surface area contributed by atoms with Crippen LogP contribution < -0.4 is 5.32 Å². The van der Waals surface area contributed by atoms with Gasteiger partial charge in [-0.2, -0.15) is 0 Å². The minimum Gasteiger partial charge on any atom is -0.389 e. The van der Waals surface area contributed by atoms with E-state index in [1.807, 2.05) is 20.8 Å². The lowest BCUT2D eigenvalue weighted by Crippen LogP contribution is -2.37. The summed E-state index contributed by atoms with van der Waals surface area (Å²) in [6.45, 7) is 11.4. The Morgan fingerprint density at radius 3 is 2.44 bits per heavy atom. The quantitative estimate of drug-likeness (QED) is 0.673. The van der Waals surface area contributed by atoms with Gasteiger partial charge in [0.2, 0.25) is 0 Å². The molecule has 2 N–H and O–H groups in total. The fourth-order valence-electron chi connectivity index (χ4n) is 1.35. The highest BCUT2D eigenvalue weighted by Gasteiger charge is 2.13. The van der Waals surface area contributed by atoms with Gasteiger partial charge in [0.15, 0.2) is 0 Å². The molecule has 2 unspecified atom stereocenters. The third-order valence-electron chi connectivity index (χ3n) is 2.40. The number of hydrogen-bond acceptors (Lipinski definition) is 3. The smallest absolute Gasteiger partial charge is 0.0898 e. The zero-order chi connectivity index (χ0) is 12.6. The molecule has 0 rings (SSSR count). The lowest BCUT2D eigenvalue weighted by molar-refractivity contribution is -0.0483. The molecule has 0 saturated carbocycles. The van der Waals surface area contributed by atoms with Gasteiger partial charge in [0, 0.05) is 12.6 Å². The van der Waals surface area contributed by atoms with Gasteiger partial charge in [-0.25, -0.2) is 0 Å². The van der Waals surface area contributed by atoms with Gasteiger partial charge < -0.3 is 15.2 Å². The molecule has 0 spiro atoms. The van der Waals surface area contributed by atoms with Crippen LogP contribution in [-0.2, 0) is 4.74 Å². The highest BCUT2D eigenvalue weighted by Crippen LogP contribution is 2.07. The molecule has 98 valence electrons. The Hall–Kier alpha value is -0.120. The van der Waals surface area contributed by atoms with Crippen molar-refractivity contribution in [2.75, 3.05) is 13.2 Å². The zero-order valence-corrected chi connectivity index (χ0v) is 11.5. The van der Waals surface area contributed by atoms with Crippen molar-refractivity contribution >= 4 is 0 Å². The van der Waals surface area contributed by atoms with Crippen LogP contribution in [0, 0.1) is 0 Å². The number of aliphatic hydroxyl groups excluding tert-OH is 1. The molecule has 0 amide bonds. The van der Waals surface area contributed by atoms with Crippen LogP contribution in [0.3, 0.4) is 0 Å². The maximum Gasteiger partial charge on any atom is 0.0898 e. The van der Waals surface area contributed by atoms with Gasteiger partial charge in [0.1, 0.15) is 0 Å². The first-order valence-corrected chi connectivity index (χ1v) is 6.40. The van der Waals surface area contributed by atoms with Crippen LogP contribution in [0.5, 0.6) is 0 Å². The Balaban J connectivity index is 3.53. The summed E-state index contributed by atoms with van der Waals surface area (Å²) in [6, 6.07) is 0.476. The average molecular weight is 231 g/mol. The number of ether oxygens (including phenoxy) is 1. The Morgan fingerprint density at radius 2 is 1.94 bits per heavy atom. The van der Waals surface area contributed by atoms with E-state index >= 15 is 0 Å². The monoisotopic (exact) mass is 231 g/mol. The molecule has 0 aromatic carbocycles. The van der Waals surface area contributed by atoms with Crippen molar-refractivity contribution in [1.29, 1.82) is 0 Å². The minimum absolute atomic E-state index is 0.172. The highest BCUT2D eigenvalue weighted by molar-refractivity contribution is 4.67. The van der Waals surface area contributed by atoms with Gasteiger partial charge in [0.05, 0.1) is 18.3 Å². The summed E-state index contributed by atoms with van der Waals surface area (Å²) < 4.78 is 5.51. The van der Waals surface area contributed by atoms with Gasteiger partial charge in [-0.1, -0.05) is 19.8 Å². The molecule has 0 radical (unpaired) electrons. The lowest BCUT2D eigenvalue weighted by atomic mass is 10.1. The van der Waals surface area contributed by atoms with E-state index in [2.05, 4.69) is 19.2 Å². The maximum absolute atomic E-state index is 9.70. The molecular weight excluding hydrogens is 202 g/mol. The second-order valence-electron chi connectivity index (χ2n) is 5.53. The normalized spacial score (nSPS) is 16.1. The molecule has 0 fully saturated rings. The summed E-state index contributed by atoms with van der Waals surface area (Å²) in [5, 5.41) is 13.0. The summed E-state index contributed by atoms with van der Waals surface area (Å²) in [5.74, 6) is 0. The summed E-state index contributed by atoms with van der Waals surface area (Å²) in [5.41, 5.74) is -0.172. The molecule has 0 aromatic rings. The van der Waals surface area contributed by atoms with Crippen molar-refractivity contribution in [3.63, 3.8) is 0 Å². The molecule has 2 atom stereocenters. The van der Waals surface area contributed by atoms with Crippen LogP contribution in [0.15, 0.2) is 0 Å². The fourth-order valence-corrected chi connectivity index (χ4v) is 1.35. The van der Waals surface area contributed by atoms with E-state index in [4.69, 9.17) is 4.74 Å². The van der Waals surface area contributed by atoms with Crippen LogP contribution in [0.1, 0.15) is 53.9 Å². The molecule has 3 nitrogen and oxygen atoms in total. The standard InChI is InChI=1S/C13H29NO2/c1-6-7-8-11(2)14-9-12(15)10-16-13(3,4)5/h11-12,14-15H,6-10H2,1-5H3. The summed E-state index contributed by atoms with van der Waals surface area (Å²) in [7, 11) is 0. The molecule has 0 aliphatic carbocycles. The van der Waals surface area contributed by atoms with Crippen LogP contribution in [-0.4, -0.2) is 36.0 Å². The summed E-state index contributed by atoms with van der Waals surface area (Å²) in [4.78, 5) is 0. The van der Waals surface area contributed by atoms with Gasteiger partial charge >= 0.3 is 0 Å². The number of aliphatic hydroxyl groups is 1.